The summed E-state index contributed by atoms with van der Waals surface area (Å²) in [5.41, 5.74) is 0.707. The highest BCUT2D eigenvalue weighted by molar-refractivity contribution is 6.42. The van der Waals surface area contributed by atoms with E-state index >= 15 is 0 Å². The third-order valence-corrected chi connectivity index (χ3v) is 4.33. The molecule has 0 spiro atoms. The van der Waals surface area contributed by atoms with Crippen molar-refractivity contribution in [1.29, 1.82) is 0 Å². The third-order valence-electron chi connectivity index (χ3n) is 3.43. The van der Waals surface area contributed by atoms with Crippen LogP contribution in [0.1, 0.15) is 5.56 Å². The van der Waals surface area contributed by atoms with Gasteiger partial charge in [-0.25, -0.2) is 4.39 Å². The van der Waals surface area contributed by atoms with Crippen molar-refractivity contribution in [3.05, 3.63) is 33.6 Å². The lowest BCUT2D eigenvalue weighted by molar-refractivity contribution is -0.132. The van der Waals surface area contributed by atoms with E-state index in [0.29, 0.717) is 18.7 Å². The van der Waals surface area contributed by atoms with Crippen LogP contribution in [0.3, 0.4) is 0 Å². The molecule has 1 N–H and O–H groups in total. The van der Waals surface area contributed by atoms with Gasteiger partial charge in [-0.2, -0.15) is 0 Å². The van der Waals surface area contributed by atoms with E-state index in [1.165, 1.54) is 6.07 Å². The van der Waals surface area contributed by atoms with Crippen LogP contribution in [0.15, 0.2) is 12.1 Å². The van der Waals surface area contributed by atoms with E-state index in [1.54, 1.807) is 6.07 Å². The van der Waals surface area contributed by atoms with Gasteiger partial charge >= 0.3 is 0 Å². The summed E-state index contributed by atoms with van der Waals surface area (Å²) in [6.07, 6.45) is 0. The second-order valence-corrected chi connectivity index (χ2v) is 5.89. The molecule has 2 rings (SSSR count). The van der Waals surface area contributed by atoms with Gasteiger partial charge in [0.05, 0.1) is 16.6 Å². The summed E-state index contributed by atoms with van der Waals surface area (Å²) in [4.78, 5) is 15.8. The summed E-state index contributed by atoms with van der Waals surface area (Å²) in [5.74, 6) is -0.451. The highest BCUT2D eigenvalue weighted by Gasteiger charge is 2.18. The van der Waals surface area contributed by atoms with Crippen molar-refractivity contribution in [3.8, 4) is 0 Å². The molecule has 0 saturated carbocycles. The fourth-order valence-electron chi connectivity index (χ4n) is 2.28. The molecular formula is C14H18Cl2FN3O. The maximum atomic E-state index is 13.3. The molecule has 0 aliphatic carbocycles. The Balaban J connectivity index is 1.93. The quantitative estimate of drug-likeness (QED) is 0.856. The van der Waals surface area contributed by atoms with Crippen molar-refractivity contribution < 1.29 is 9.18 Å². The number of amides is 1. The number of nitrogens with one attached hydrogen (secondary N) is 1. The molecule has 1 aliphatic heterocycles. The topological polar surface area (TPSA) is 35.6 Å². The Morgan fingerprint density at radius 3 is 2.67 bits per heavy atom. The fraction of sp³-hybridized carbons (Fsp3) is 0.500. The first-order valence-electron chi connectivity index (χ1n) is 6.78. The van der Waals surface area contributed by atoms with Gasteiger partial charge in [0.15, 0.2) is 0 Å². The Labute approximate surface area is 133 Å². The first-order chi connectivity index (χ1) is 9.99. The van der Waals surface area contributed by atoms with Gasteiger partial charge in [0.25, 0.3) is 0 Å². The number of likely N-dealkylation sites (N-methyl/N-ethyl adjacent to an activating group) is 1. The van der Waals surface area contributed by atoms with Crippen LogP contribution in [0.5, 0.6) is 0 Å². The maximum Gasteiger partial charge on any atom is 0.236 e. The van der Waals surface area contributed by atoms with Gasteiger partial charge in [0.1, 0.15) is 5.82 Å². The van der Waals surface area contributed by atoms with E-state index in [2.05, 4.69) is 5.32 Å². The van der Waals surface area contributed by atoms with E-state index < -0.39 is 5.82 Å². The van der Waals surface area contributed by atoms with Crippen molar-refractivity contribution in [1.82, 2.24) is 15.1 Å². The first kappa shape index (κ1) is 16.5. The monoisotopic (exact) mass is 333 g/mol. The molecule has 21 heavy (non-hydrogen) atoms. The summed E-state index contributed by atoms with van der Waals surface area (Å²) in [6, 6.07) is 2.88. The van der Waals surface area contributed by atoms with Gasteiger partial charge in [0.2, 0.25) is 5.91 Å². The number of carbonyl (C=O) groups is 1. The summed E-state index contributed by atoms with van der Waals surface area (Å²) in [5, 5.41) is 3.34. The minimum Gasteiger partial charge on any atom is -0.339 e. The number of nitrogens with zero attached hydrogens (tertiary/aromatic N) is 2. The minimum atomic E-state index is -0.537. The molecule has 4 nitrogen and oxygen atoms in total. The van der Waals surface area contributed by atoms with Crippen molar-refractivity contribution >= 4 is 29.1 Å². The van der Waals surface area contributed by atoms with Gasteiger partial charge in [-0.1, -0.05) is 29.3 Å². The van der Waals surface area contributed by atoms with Crippen LogP contribution in [-0.4, -0.2) is 55.5 Å². The molecule has 1 aromatic rings. The number of benzene rings is 1. The highest BCUT2D eigenvalue weighted by Crippen LogP contribution is 2.29. The molecule has 1 heterocycles. The lowest BCUT2D eigenvalue weighted by Crippen LogP contribution is -2.49. The average molecular weight is 334 g/mol. The summed E-state index contributed by atoms with van der Waals surface area (Å²) < 4.78 is 13.3. The van der Waals surface area contributed by atoms with Crippen LogP contribution in [0.25, 0.3) is 0 Å². The number of piperazine rings is 1. The predicted octanol–water partition coefficient (Wildman–Crippen LogP) is 2.00. The summed E-state index contributed by atoms with van der Waals surface area (Å²) in [7, 11) is 1.83. The van der Waals surface area contributed by atoms with Gasteiger partial charge < -0.3 is 10.2 Å². The molecule has 1 aromatic carbocycles. The van der Waals surface area contributed by atoms with Gasteiger partial charge in [0, 0.05) is 32.7 Å². The van der Waals surface area contributed by atoms with E-state index in [4.69, 9.17) is 23.2 Å². The Bertz CT molecular complexity index is 521. The van der Waals surface area contributed by atoms with Gasteiger partial charge in [-0.3, -0.25) is 9.69 Å². The number of rotatable bonds is 4. The van der Waals surface area contributed by atoms with Crippen LogP contribution in [-0.2, 0) is 11.3 Å². The zero-order chi connectivity index (χ0) is 15.4. The Morgan fingerprint density at radius 1 is 1.33 bits per heavy atom. The standard InChI is InChI=1S/C14H18Cl2FN3O/c1-19(9-12(21)20-6-4-18-5-7-20)8-10-2-3-11(17)14(16)13(10)15/h2-3,18H,4-9H2,1H3. The Morgan fingerprint density at radius 2 is 2.00 bits per heavy atom. The zero-order valence-corrected chi connectivity index (χ0v) is 13.3. The van der Waals surface area contributed by atoms with E-state index in [9.17, 15) is 9.18 Å². The lowest BCUT2D eigenvalue weighted by atomic mass is 10.2. The predicted molar refractivity (Wildman–Crippen MR) is 82.2 cm³/mol. The van der Waals surface area contributed by atoms with E-state index in [0.717, 1.165) is 26.2 Å². The molecule has 1 saturated heterocycles. The summed E-state index contributed by atoms with van der Waals surface area (Å²) >= 11 is 11.8. The maximum absolute atomic E-state index is 13.3. The molecule has 116 valence electrons. The molecule has 0 radical (unpaired) electrons. The molecule has 1 aliphatic rings. The second kappa shape index (κ2) is 7.40. The number of halogens is 3. The Hall–Kier alpha value is -0.880. The molecule has 0 atom stereocenters. The van der Waals surface area contributed by atoms with Gasteiger partial charge in [-0.05, 0) is 18.7 Å². The number of hydrogen-bond acceptors (Lipinski definition) is 3. The number of hydrogen-bond donors (Lipinski definition) is 1. The van der Waals surface area contributed by atoms with Crippen molar-refractivity contribution in [2.24, 2.45) is 0 Å². The molecule has 1 amide bonds. The Kier molecular flexibility index (Phi) is 5.81. The zero-order valence-electron chi connectivity index (χ0n) is 11.8. The van der Waals surface area contributed by atoms with Crippen LogP contribution < -0.4 is 5.32 Å². The smallest absolute Gasteiger partial charge is 0.236 e. The largest absolute Gasteiger partial charge is 0.339 e. The average Bonchev–Trinajstić information content (AvgIpc) is 2.49. The summed E-state index contributed by atoms with van der Waals surface area (Å²) in [6.45, 7) is 3.86. The van der Waals surface area contributed by atoms with Crippen LogP contribution in [0.4, 0.5) is 4.39 Å². The van der Waals surface area contributed by atoms with Crippen molar-refractivity contribution in [2.45, 2.75) is 6.54 Å². The highest BCUT2D eigenvalue weighted by atomic mass is 35.5. The van der Waals surface area contributed by atoms with Crippen LogP contribution in [0.2, 0.25) is 10.0 Å². The lowest BCUT2D eigenvalue weighted by Gasteiger charge is -2.29. The van der Waals surface area contributed by atoms with Crippen LogP contribution >= 0.6 is 23.2 Å². The molecule has 7 heteroatoms. The normalized spacial score (nSPS) is 15.6. The molecule has 0 aromatic heterocycles. The molecule has 0 unspecified atom stereocenters. The van der Waals surface area contributed by atoms with Crippen molar-refractivity contribution in [2.75, 3.05) is 39.8 Å². The van der Waals surface area contributed by atoms with E-state index in [1.807, 2.05) is 16.8 Å². The fourth-order valence-corrected chi connectivity index (χ4v) is 2.68. The second-order valence-electron chi connectivity index (χ2n) is 5.14. The molecule has 1 fully saturated rings. The SMILES string of the molecule is CN(CC(=O)N1CCNCC1)Cc1ccc(F)c(Cl)c1Cl. The first-order valence-corrected chi connectivity index (χ1v) is 7.54. The third kappa shape index (κ3) is 4.30. The minimum absolute atomic E-state index is 0.0731. The molecular weight excluding hydrogens is 316 g/mol. The van der Waals surface area contributed by atoms with E-state index in [-0.39, 0.29) is 16.0 Å². The van der Waals surface area contributed by atoms with Crippen molar-refractivity contribution in [3.63, 3.8) is 0 Å². The molecule has 0 bridgehead atoms. The van der Waals surface area contributed by atoms with Crippen LogP contribution in [0, 0.1) is 5.82 Å². The number of carbonyl (C=O) groups excluding carboxylic acids is 1. The van der Waals surface area contributed by atoms with Gasteiger partial charge in [-0.15, -0.1) is 0 Å².